The van der Waals surface area contributed by atoms with Crippen LogP contribution in [0.4, 0.5) is 0 Å². The summed E-state index contributed by atoms with van der Waals surface area (Å²) in [5, 5.41) is 13.7. The normalized spacial score (nSPS) is 12.2. The lowest BCUT2D eigenvalue weighted by atomic mass is 10.2. The zero-order chi connectivity index (χ0) is 17.6. The summed E-state index contributed by atoms with van der Waals surface area (Å²) in [6, 6.07) is 5.60. The molecule has 0 fully saturated rings. The third-order valence-corrected chi connectivity index (χ3v) is 4.25. The molecule has 0 radical (unpaired) electrons. The van der Waals surface area contributed by atoms with E-state index in [1.165, 1.54) is 11.3 Å². The van der Waals surface area contributed by atoms with E-state index in [-0.39, 0.29) is 38.9 Å². The van der Waals surface area contributed by atoms with Gasteiger partial charge in [-0.2, -0.15) is 0 Å². The Balaban J connectivity index is 1.50. The van der Waals surface area contributed by atoms with Crippen LogP contribution in [0.1, 0.15) is 5.69 Å². The SMILES string of the molecule is O=C(O)COCCNC(=O)Cc1csc(-c2ccc3c(c2)OCO3)n1. The molecular weight excluding hydrogens is 348 g/mol. The van der Waals surface area contributed by atoms with Crippen molar-refractivity contribution in [1.82, 2.24) is 10.3 Å². The average molecular weight is 364 g/mol. The van der Waals surface area contributed by atoms with Crippen LogP contribution in [0.2, 0.25) is 0 Å². The number of rotatable bonds is 8. The molecule has 1 aromatic carbocycles. The van der Waals surface area contributed by atoms with Gasteiger partial charge in [-0.05, 0) is 18.2 Å². The fraction of sp³-hybridized carbons (Fsp3) is 0.312. The van der Waals surface area contributed by atoms with E-state index >= 15 is 0 Å². The minimum Gasteiger partial charge on any atom is -0.480 e. The Kier molecular flexibility index (Phi) is 5.46. The van der Waals surface area contributed by atoms with Gasteiger partial charge in [0.05, 0.1) is 18.7 Å². The summed E-state index contributed by atoms with van der Waals surface area (Å²) in [6.45, 7) is 0.252. The Labute approximate surface area is 147 Å². The van der Waals surface area contributed by atoms with Gasteiger partial charge >= 0.3 is 5.97 Å². The molecule has 25 heavy (non-hydrogen) atoms. The maximum absolute atomic E-state index is 11.9. The van der Waals surface area contributed by atoms with E-state index in [1.807, 2.05) is 23.6 Å². The molecule has 9 heteroatoms. The van der Waals surface area contributed by atoms with Gasteiger partial charge in [-0.15, -0.1) is 11.3 Å². The van der Waals surface area contributed by atoms with Gasteiger partial charge in [0.2, 0.25) is 12.7 Å². The number of carboxylic acid groups (broad SMARTS) is 1. The van der Waals surface area contributed by atoms with Crippen LogP contribution in [0, 0.1) is 0 Å². The predicted octanol–water partition coefficient (Wildman–Crippen LogP) is 1.30. The molecule has 2 heterocycles. The van der Waals surface area contributed by atoms with E-state index in [9.17, 15) is 9.59 Å². The third-order valence-electron chi connectivity index (χ3n) is 3.31. The lowest BCUT2D eigenvalue weighted by Crippen LogP contribution is -2.29. The van der Waals surface area contributed by atoms with Crippen LogP contribution in [0.25, 0.3) is 10.6 Å². The van der Waals surface area contributed by atoms with Crippen LogP contribution < -0.4 is 14.8 Å². The van der Waals surface area contributed by atoms with E-state index < -0.39 is 5.97 Å². The molecule has 1 aromatic heterocycles. The summed E-state index contributed by atoms with van der Waals surface area (Å²) < 4.78 is 15.5. The molecule has 0 atom stereocenters. The first-order valence-corrected chi connectivity index (χ1v) is 8.40. The number of ether oxygens (including phenoxy) is 3. The number of fused-ring (bicyclic) bond motifs is 1. The number of nitrogens with zero attached hydrogens (tertiary/aromatic N) is 1. The summed E-state index contributed by atoms with van der Waals surface area (Å²) in [4.78, 5) is 26.6. The first-order valence-electron chi connectivity index (χ1n) is 7.52. The number of carboxylic acids is 1. The molecule has 1 amide bonds. The zero-order valence-corrected chi connectivity index (χ0v) is 14.0. The Morgan fingerprint density at radius 1 is 1.32 bits per heavy atom. The zero-order valence-electron chi connectivity index (χ0n) is 13.2. The number of hydrogen-bond acceptors (Lipinski definition) is 7. The quantitative estimate of drug-likeness (QED) is 0.680. The van der Waals surface area contributed by atoms with E-state index in [2.05, 4.69) is 10.3 Å². The molecule has 0 saturated heterocycles. The lowest BCUT2D eigenvalue weighted by molar-refractivity contribution is -0.142. The molecule has 0 saturated carbocycles. The van der Waals surface area contributed by atoms with Crippen molar-refractivity contribution < 1.29 is 28.9 Å². The standard InChI is InChI=1S/C16H16N2O6S/c19-14(17-3-4-22-7-15(20)21)6-11-8-25-16(18-11)10-1-2-12-13(5-10)24-9-23-12/h1-2,5,8H,3-4,6-7,9H2,(H,17,19)(H,20,21). The maximum Gasteiger partial charge on any atom is 0.329 e. The number of nitrogens with one attached hydrogen (secondary N) is 1. The Morgan fingerprint density at radius 2 is 2.16 bits per heavy atom. The highest BCUT2D eigenvalue weighted by Gasteiger charge is 2.15. The highest BCUT2D eigenvalue weighted by Crippen LogP contribution is 2.36. The molecule has 3 rings (SSSR count). The molecule has 2 aromatic rings. The van der Waals surface area contributed by atoms with Crippen molar-refractivity contribution >= 4 is 23.2 Å². The van der Waals surface area contributed by atoms with Crippen LogP contribution >= 0.6 is 11.3 Å². The fourth-order valence-electron chi connectivity index (χ4n) is 2.20. The molecule has 0 spiro atoms. The minimum absolute atomic E-state index is 0.150. The van der Waals surface area contributed by atoms with Crippen molar-refractivity contribution in [2.75, 3.05) is 26.6 Å². The highest BCUT2D eigenvalue weighted by molar-refractivity contribution is 7.13. The molecule has 0 bridgehead atoms. The van der Waals surface area contributed by atoms with Gasteiger partial charge in [-0.3, -0.25) is 4.79 Å². The second-order valence-corrected chi connectivity index (χ2v) is 6.04. The molecule has 132 valence electrons. The van der Waals surface area contributed by atoms with Crippen molar-refractivity contribution in [3.05, 3.63) is 29.3 Å². The number of carbonyl (C=O) groups is 2. The van der Waals surface area contributed by atoms with Crippen LogP contribution in [-0.4, -0.2) is 48.5 Å². The molecular formula is C16H16N2O6S. The summed E-state index contributed by atoms with van der Waals surface area (Å²) in [5.41, 5.74) is 1.57. The highest BCUT2D eigenvalue weighted by atomic mass is 32.1. The van der Waals surface area contributed by atoms with Crippen LogP contribution in [-0.2, 0) is 20.7 Å². The van der Waals surface area contributed by atoms with Gasteiger partial charge in [0.15, 0.2) is 11.5 Å². The Hall–Kier alpha value is -2.65. The van der Waals surface area contributed by atoms with Gasteiger partial charge in [0.25, 0.3) is 0 Å². The maximum atomic E-state index is 11.9. The van der Waals surface area contributed by atoms with E-state index in [0.29, 0.717) is 17.2 Å². The Bertz CT molecular complexity index is 776. The van der Waals surface area contributed by atoms with Gasteiger partial charge in [-0.25, -0.2) is 9.78 Å². The number of amides is 1. The van der Waals surface area contributed by atoms with Crippen molar-refractivity contribution in [3.63, 3.8) is 0 Å². The van der Waals surface area contributed by atoms with Crippen molar-refractivity contribution in [2.45, 2.75) is 6.42 Å². The smallest absolute Gasteiger partial charge is 0.329 e. The molecule has 1 aliphatic rings. The van der Waals surface area contributed by atoms with Crippen molar-refractivity contribution in [2.24, 2.45) is 0 Å². The van der Waals surface area contributed by atoms with E-state index in [0.717, 1.165) is 10.6 Å². The monoisotopic (exact) mass is 364 g/mol. The van der Waals surface area contributed by atoms with Crippen LogP contribution in [0.5, 0.6) is 11.5 Å². The lowest BCUT2D eigenvalue weighted by Gasteiger charge is -2.04. The van der Waals surface area contributed by atoms with Gasteiger partial charge in [-0.1, -0.05) is 0 Å². The molecule has 0 aliphatic carbocycles. The number of hydrogen-bond donors (Lipinski definition) is 2. The number of aromatic nitrogens is 1. The minimum atomic E-state index is -1.04. The summed E-state index contributed by atoms with van der Waals surface area (Å²) in [6.07, 6.45) is 0.153. The summed E-state index contributed by atoms with van der Waals surface area (Å²) in [7, 11) is 0. The Morgan fingerprint density at radius 3 is 3.00 bits per heavy atom. The summed E-state index contributed by atoms with van der Waals surface area (Å²) in [5.74, 6) is 0.171. The number of thiazole rings is 1. The van der Waals surface area contributed by atoms with Crippen LogP contribution in [0.15, 0.2) is 23.6 Å². The molecule has 1 aliphatic heterocycles. The average Bonchev–Trinajstić information content (AvgIpc) is 3.22. The van der Waals surface area contributed by atoms with Gasteiger partial charge in [0, 0.05) is 17.5 Å². The summed E-state index contributed by atoms with van der Waals surface area (Å²) >= 11 is 1.45. The van der Waals surface area contributed by atoms with Crippen molar-refractivity contribution in [3.8, 4) is 22.1 Å². The largest absolute Gasteiger partial charge is 0.480 e. The second-order valence-electron chi connectivity index (χ2n) is 5.19. The number of aliphatic carboxylic acids is 1. The van der Waals surface area contributed by atoms with Crippen LogP contribution in [0.3, 0.4) is 0 Å². The van der Waals surface area contributed by atoms with Crippen molar-refractivity contribution in [1.29, 1.82) is 0 Å². The second kappa shape index (κ2) is 7.95. The van der Waals surface area contributed by atoms with E-state index in [1.54, 1.807) is 0 Å². The number of benzene rings is 1. The topological polar surface area (TPSA) is 107 Å². The van der Waals surface area contributed by atoms with Gasteiger partial charge in [0.1, 0.15) is 11.6 Å². The molecule has 8 nitrogen and oxygen atoms in total. The molecule has 0 unspecified atom stereocenters. The first kappa shape index (κ1) is 17.2. The molecule has 2 N–H and O–H groups in total. The first-order chi connectivity index (χ1) is 12.1. The number of carbonyl (C=O) groups excluding carboxylic acids is 1. The van der Waals surface area contributed by atoms with Gasteiger partial charge < -0.3 is 24.6 Å². The predicted molar refractivity (Wildman–Crippen MR) is 88.8 cm³/mol. The third kappa shape index (κ3) is 4.68. The van der Waals surface area contributed by atoms with E-state index in [4.69, 9.17) is 19.3 Å². The fourth-order valence-corrected chi connectivity index (χ4v) is 3.02.